The molecule has 1 heteroatoms. The summed E-state index contributed by atoms with van der Waals surface area (Å²) in [7, 11) is 0. The van der Waals surface area contributed by atoms with Crippen LogP contribution in [0.3, 0.4) is 0 Å². The molecule has 0 aliphatic heterocycles. The Labute approximate surface area is 62.1 Å². The van der Waals surface area contributed by atoms with Crippen LogP contribution in [0.15, 0.2) is 12.7 Å². The predicted molar refractivity (Wildman–Crippen MR) is 41.8 cm³/mol. The third-order valence-electron chi connectivity index (χ3n) is 2.13. The predicted octanol–water partition coefficient (Wildman–Crippen LogP) is 2.32. The highest BCUT2D eigenvalue weighted by molar-refractivity contribution is 5.80. The van der Waals surface area contributed by atoms with Crippen molar-refractivity contribution in [3.05, 3.63) is 12.7 Å². The number of hydrogen-bond donors (Lipinski definition) is 0. The Balaban J connectivity index is 2.18. The van der Waals surface area contributed by atoms with E-state index in [1.165, 1.54) is 0 Å². The number of ketones is 1. The molecule has 1 rings (SSSR count). The van der Waals surface area contributed by atoms with Crippen molar-refractivity contribution < 1.29 is 4.79 Å². The second kappa shape index (κ2) is 3.55. The van der Waals surface area contributed by atoms with Crippen molar-refractivity contribution in [3.63, 3.8) is 0 Å². The van der Waals surface area contributed by atoms with Gasteiger partial charge in [-0.05, 0) is 25.2 Å². The summed E-state index contributed by atoms with van der Waals surface area (Å²) in [4.78, 5) is 10.8. The van der Waals surface area contributed by atoms with Crippen LogP contribution in [-0.4, -0.2) is 5.78 Å². The van der Waals surface area contributed by atoms with Crippen molar-refractivity contribution in [1.82, 2.24) is 0 Å². The fourth-order valence-electron chi connectivity index (χ4n) is 1.49. The van der Waals surface area contributed by atoms with Gasteiger partial charge >= 0.3 is 0 Å². The maximum Gasteiger partial charge on any atom is 0.133 e. The van der Waals surface area contributed by atoms with Crippen LogP contribution >= 0.6 is 0 Å². The Bertz CT molecular complexity index is 138. The van der Waals surface area contributed by atoms with E-state index < -0.39 is 0 Å². The Kier molecular flexibility index (Phi) is 2.67. The van der Waals surface area contributed by atoms with Crippen LogP contribution in [0, 0.1) is 5.92 Å². The minimum atomic E-state index is 0.453. The Morgan fingerprint density at radius 3 is 3.00 bits per heavy atom. The molecule has 1 aliphatic carbocycles. The highest BCUT2D eigenvalue weighted by Crippen LogP contribution is 2.25. The molecule has 1 fully saturated rings. The average molecular weight is 138 g/mol. The third kappa shape index (κ3) is 1.98. The van der Waals surface area contributed by atoms with Gasteiger partial charge in [0.25, 0.3) is 0 Å². The van der Waals surface area contributed by atoms with E-state index in [9.17, 15) is 4.79 Å². The Morgan fingerprint density at radius 1 is 1.70 bits per heavy atom. The molecule has 56 valence electrons. The van der Waals surface area contributed by atoms with Crippen LogP contribution in [-0.2, 0) is 4.79 Å². The normalized spacial score (nSPS) is 25.2. The quantitative estimate of drug-likeness (QED) is 0.547. The molecular formula is C9H14O. The van der Waals surface area contributed by atoms with E-state index in [4.69, 9.17) is 0 Å². The molecule has 1 saturated carbocycles. The number of hydrogen-bond acceptors (Lipinski definition) is 1. The van der Waals surface area contributed by atoms with Gasteiger partial charge in [-0.3, -0.25) is 4.79 Å². The van der Waals surface area contributed by atoms with Crippen LogP contribution in [0.25, 0.3) is 0 Å². The second-order valence-electron chi connectivity index (χ2n) is 3.01. The van der Waals surface area contributed by atoms with Crippen molar-refractivity contribution >= 4 is 5.78 Å². The molecular weight excluding hydrogens is 124 g/mol. The van der Waals surface area contributed by atoms with E-state index >= 15 is 0 Å². The lowest BCUT2D eigenvalue weighted by Crippen LogP contribution is -1.93. The standard InChI is InChI=1S/C9H14O/c1-2-3-4-8-5-6-9(10)7-8/h2,8H,1,3-7H2. The lowest BCUT2D eigenvalue weighted by molar-refractivity contribution is -0.117. The number of carbonyl (C=O) groups excluding carboxylic acids is 1. The lowest BCUT2D eigenvalue weighted by Gasteiger charge is -2.02. The van der Waals surface area contributed by atoms with Gasteiger partial charge in [0.2, 0.25) is 0 Å². The molecule has 0 radical (unpaired) electrons. The maximum absolute atomic E-state index is 10.8. The summed E-state index contributed by atoms with van der Waals surface area (Å²) in [6.07, 6.45) is 6.93. The van der Waals surface area contributed by atoms with E-state index in [0.29, 0.717) is 11.7 Å². The molecule has 0 spiro atoms. The molecule has 0 aromatic heterocycles. The molecule has 0 bridgehead atoms. The summed E-state index contributed by atoms with van der Waals surface area (Å²) in [6, 6.07) is 0. The van der Waals surface area contributed by atoms with Gasteiger partial charge in [-0.15, -0.1) is 6.58 Å². The lowest BCUT2D eigenvalue weighted by atomic mass is 10.0. The van der Waals surface area contributed by atoms with Crippen LogP contribution in [0.1, 0.15) is 32.1 Å². The van der Waals surface area contributed by atoms with Crippen molar-refractivity contribution in [2.75, 3.05) is 0 Å². The first-order valence-electron chi connectivity index (χ1n) is 3.95. The first-order chi connectivity index (χ1) is 4.83. The molecule has 1 aliphatic rings. The molecule has 0 aromatic carbocycles. The first-order valence-corrected chi connectivity index (χ1v) is 3.95. The summed E-state index contributed by atoms with van der Waals surface area (Å²) in [5.74, 6) is 1.12. The zero-order chi connectivity index (χ0) is 7.40. The van der Waals surface area contributed by atoms with E-state index in [0.717, 1.165) is 32.1 Å². The monoisotopic (exact) mass is 138 g/mol. The summed E-state index contributed by atoms with van der Waals surface area (Å²) in [5, 5.41) is 0. The molecule has 1 atom stereocenters. The Hall–Kier alpha value is -0.590. The minimum Gasteiger partial charge on any atom is -0.300 e. The number of allylic oxidation sites excluding steroid dienone is 1. The smallest absolute Gasteiger partial charge is 0.133 e. The van der Waals surface area contributed by atoms with Crippen LogP contribution in [0.4, 0.5) is 0 Å². The topological polar surface area (TPSA) is 17.1 Å². The summed E-state index contributed by atoms with van der Waals surface area (Å²) in [6.45, 7) is 3.66. The van der Waals surface area contributed by atoms with Crippen molar-refractivity contribution in [2.24, 2.45) is 5.92 Å². The highest BCUT2D eigenvalue weighted by atomic mass is 16.1. The molecule has 10 heavy (non-hydrogen) atoms. The van der Waals surface area contributed by atoms with Crippen LogP contribution in [0.2, 0.25) is 0 Å². The molecule has 0 saturated heterocycles. The zero-order valence-corrected chi connectivity index (χ0v) is 6.31. The minimum absolute atomic E-state index is 0.453. The van der Waals surface area contributed by atoms with E-state index in [2.05, 4.69) is 6.58 Å². The SMILES string of the molecule is C=CCCC1CCC(=O)C1. The molecule has 1 nitrogen and oxygen atoms in total. The summed E-state index contributed by atoms with van der Waals surface area (Å²) in [5.41, 5.74) is 0. The van der Waals surface area contributed by atoms with Crippen LogP contribution < -0.4 is 0 Å². The van der Waals surface area contributed by atoms with E-state index in [-0.39, 0.29) is 0 Å². The number of Topliss-reactive ketones (excluding diaryl/α,β-unsaturated/α-hetero) is 1. The summed E-state index contributed by atoms with van der Waals surface area (Å²) < 4.78 is 0. The molecule has 0 aromatic rings. The van der Waals surface area contributed by atoms with Gasteiger partial charge in [-0.1, -0.05) is 6.08 Å². The van der Waals surface area contributed by atoms with E-state index in [1.807, 2.05) is 6.08 Å². The molecule has 1 unspecified atom stereocenters. The highest BCUT2D eigenvalue weighted by Gasteiger charge is 2.20. The third-order valence-corrected chi connectivity index (χ3v) is 2.13. The van der Waals surface area contributed by atoms with Gasteiger partial charge in [0.15, 0.2) is 0 Å². The van der Waals surface area contributed by atoms with Crippen molar-refractivity contribution in [2.45, 2.75) is 32.1 Å². The average Bonchev–Trinajstić information content (AvgIpc) is 2.31. The van der Waals surface area contributed by atoms with Crippen molar-refractivity contribution in [1.29, 1.82) is 0 Å². The molecule has 0 amide bonds. The maximum atomic E-state index is 10.8. The van der Waals surface area contributed by atoms with Gasteiger partial charge in [-0.25, -0.2) is 0 Å². The van der Waals surface area contributed by atoms with Crippen LogP contribution in [0.5, 0.6) is 0 Å². The number of carbonyl (C=O) groups is 1. The largest absolute Gasteiger partial charge is 0.300 e. The molecule has 0 N–H and O–H groups in total. The van der Waals surface area contributed by atoms with E-state index in [1.54, 1.807) is 0 Å². The van der Waals surface area contributed by atoms with Gasteiger partial charge in [0.05, 0.1) is 0 Å². The summed E-state index contributed by atoms with van der Waals surface area (Å²) >= 11 is 0. The van der Waals surface area contributed by atoms with Gasteiger partial charge in [0, 0.05) is 12.8 Å². The second-order valence-corrected chi connectivity index (χ2v) is 3.01. The fourth-order valence-corrected chi connectivity index (χ4v) is 1.49. The van der Waals surface area contributed by atoms with Gasteiger partial charge < -0.3 is 0 Å². The first kappa shape index (κ1) is 7.52. The van der Waals surface area contributed by atoms with Crippen molar-refractivity contribution in [3.8, 4) is 0 Å². The molecule has 0 heterocycles. The number of rotatable bonds is 3. The fraction of sp³-hybridized carbons (Fsp3) is 0.667. The van der Waals surface area contributed by atoms with Gasteiger partial charge in [-0.2, -0.15) is 0 Å². The van der Waals surface area contributed by atoms with Gasteiger partial charge in [0.1, 0.15) is 5.78 Å². The zero-order valence-electron chi connectivity index (χ0n) is 6.31. The Morgan fingerprint density at radius 2 is 2.50 bits per heavy atom.